The highest BCUT2D eigenvalue weighted by Crippen LogP contribution is 2.35. The van der Waals surface area contributed by atoms with Gasteiger partial charge in [0.1, 0.15) is 5.75 Å². The van der Waals surface area contributed by atoms with Gasteiger partial charge in [-0.3, -0.25) is 14.5 Å². The molecule has 8 heteroatoms. The molecule has 0 bridgehead atoms. The second-order valence-corrected chi connectivity index (χ2v) is 8.61. The molecule has 1 aliphatic heterocycles. The van der Waals surface area contributed by atoms with E-state index >= 15 is 0 Å². The van der Waals surface area contributed by atoms with E-state index in [1.807, 2.05) is 30.3 Å². The number of benzene rings is 2. The molecule has 0 saturated carbocycles. The lowest BCUT2D eigenvalue weighted by molar-refractivity contribution is -0.145. The highest BCUT2D eigenvalue weighted by Gasteiger charge is 2.34. The van der Waals surface area contributed by atoms with Crippen molar-refractivity contribution >= 4 is 50.9 Å². The molecule has 0 unspecified atom stereocenters. The van der Waals surface area contributed by atoms with Crippen LogP contribution in [-0.2, 0) is 20.7 Å². The monoisotopic (exact) mass is 503 g/mol. The normalized spacial score (nSPS) is 14.9. The van der Waals surface area contributed by atoms with Crippen LogP contribution in [0.3, 0.4) is 0 Å². The Labute approximate surface area is 193 Å². The molecule has 31 heavy (non-hydrogen) atoms. The summed E-state index contributed by atoms with van der Waals surface area (Å²) < 4.78 is 11.2. The number of rotatable bonds is 9. The van der Waals surface area contributed by atoms with Crippen LogP contribution in [0.2, 0.25) is 0 Å². The maximum atomic E-state index is 12.8. The van der Waals surface area contributed by atoms with Crippen molar-refractivity contribution in [3.8, 4) is 5.75 Å². The summed E-state index contributed by atoms with van der Waals surface area (Å²) >= 11 is 4.31. The first-order chi connectivity index (χ1) is 15.0. The lowest BCUT2D eigenvalue weighted by atomic mass is 10.1. The van der Waals surface area contributed by atoms with Crippen LogP contribution in [0.1, 0.15) is 24.5 Å². The number of nitrogens with zero attached hydrogens (tertiary/aromatic N) is 1. The molecule has 0 atom stereocenters. The quantitative estimate of drug-likeness (QED) is 0.351. The van der Waals surface area contributed by atoms with Crippen molar-refractivity contribution in [2.45, 2.75) is 19.8 Å². The molecule has 1 aliphatic rings. The van der Waals surface area contributed by atoms with E-state index in [-0.39, 0.29) is 24.4 Å². The summed E-state index contributed by atoms with van der Waals surface area (Å²) in [5.41, 5.74) is 1.76. The number of imide groups is 1. The zero-order valence-electron chi connectivity index (χ0n) is 17.0. The standard InChI is InChI=1S/C23H22BrNO5S/c1-2-29-21(26)15-30-19-11-10-18(24)13-17(19)14-20-22(27)25(23(28)31-20)12-6-9-16-7-4-3-5-8-16/h3-5,7-8,10-11,13-14H,2,6,9,12,15H2,1H3/b20-14+. The van der Waals surface area contributed by atoms with Crippen LogP contribution in [0.4, 0.5) is 4.79 Å². The van der Waals surface area contributed by atoms with E-state index < -0.39 is 5.97 Å². The summed E-state index contributed by atoms with van der Waals surface area (Å²) in [6.45, 7) is 2.12. The fourth-order valence-electron chi connectivity index (χ4n) is 3.02. The Kier molecular flexibility index (Phi) is 8.31. The van der Waals surface area contributed by atoms with Crippen molar-refractivity contribution in [3.05, 3.63) is 69.0 Å². The summed E-state index contributed by atoms with van der Waals surface area (Å²) in [6, 6.07) is 15.2. The van der Waals surface area contributed by atoms with Crippen LogP contribution in [0, 0.1) is 0 Å². The van der Waals surface area contributed by atoms with Crippen LogP contribution in [0.15, 0.2) is 57.9 Å². The summed E-state index contributed by atoms with van der Waals surface area (Å²) in [7, 11) is 0. The van der Waals surface area contributed by atoms with Crippen LogP contribution in [0.5, 0.6) is 5.75 Å². The molecule has 2 amide bonds. The van der Waals surface area contributed by atoms with Gasteiger partial charge in [-0.15, -0.1) is 0 Å². The Bertz CT molecular complexity index is 993. The fraction of sp³-hybridized carbons (Fsp3) is 0.261. The number of carbonyl (C=O) groups is 3. The van der Waals surface area contributed by atoms with E-state index in [0.29, 0.717) is 29.2 Å². The summed E-state index contributed by atoms with van der Waals surface area (Å²) in [4.78, 5) is 38.4. The Morgan fingerprint density at radius 3 is 2.68 bits per heavy atom. The lowest BCUT2D eigenvalue weighted by Gasteiger charge is -2.12. The van der Waals surface area contributed by atoms with Crippen molar-refractivity contribution in [1.29, 1.82) is 0 Å². The topological polar surface area (TPSA) is 72.9 Å². The van der Waals surface area contributed by atoms with E-state index in [0.717, 1.165) is 22.7 Å². The third-order valence-corrected chi connectivity index (χ3v) is 5.87. The molecular weight excluding hydrogens is 482 g/mol. The number of ether oxygens (including phenoxy) is 2. The van der Waals surface area contributed by atoms with Gasteiger partial charge in [0.05, 0.1) is 11.5 Å². The maximum Gasteiger partial charge on any atom is 0.344 e. The Hall–Kier alpha value is -2.58. The molecule has 0 N–H and O–H groups in total. The van der Waals surface area contributed by atoms with Gasteiger partial charge in [0.15, 0.2) is 6.61 Å². The molecule has 1 heterocycles. The number of amides is 2. The van der Waals surface area contributed by atoms with Gasteiger partial charge in [-0.2, -0.15) is 0 Å². The maximum absolute atomic E-state index is 12.8. The first kappa shape index (κ1) is 23.1. The minimum absolute atomic E-state index is 0.239. The Balaban J connectivity index is 1.68. The van der Waals surface area contributed by atoms with Crippen molar-refractivity contribution < 1.29 is 23.9 Å². The van der Waals surface area contributed by atoms with Crippen molar-refractivity contribution in [2.24, 2.45) is 0 Å². The van der Waals surface area contributed by atoms with E-state index in [9.17, 15) is 14.4 Å². The number of halogens is 1. The molecule has 2 aromatic rings. The third kappa shape index (κ3) is 6.45. The summed E-state index contributed by atoms with van der Waals surface area (Å²) in [5, 5.41) is -0.284. The third-order valence-electron chi connectivity index (χ3n) is 4.47. The fourth-order valence-corrected chi connectivity index (χ4v) is 4.26. The molecule has 162 valence electrons. The minimum Gasteiger partial charge on any atom is -0.481 e. The molecule has 3 rings (SSSR count). The minimum atomic E-state index is -0.477. The lowest BCUT2D eigenvalue weighted by Crippen LogP contribution is -2.29. The Morgan fingerprint density at radius 1 is 1.16 bits per heavy atom. The predicted molar refractivity (Wildman–Crippen MR) is 124 cm³/mol. The first-order valence-electron chi connectivity index (χ1n) is 9.85. The van der Waals surface area contributed by atoms with E-state index in [1.54, 1.807) is 31.2 Å². The van der Waals surface area contributed by atoms with E-state index in [2.05, 4.69) is 15.9 Å². The smallest absolute Gasteiger partial charge is 0.344 e. The number of carbonyl (C=O) groups excluding carboxylic acids is 3. The zero-order chi connectivity index (χ0) is 22.2. The van der Waals surface area contributed by atoms with Gasteiger partial charge < -0.3 is 9.47 Å². The number of esters is 1. The molecule has 0 radical (unpaired) electrons. The summed E-state index contributed by atoms with van der Waals surface area (Å²) in [6.07, 6.45) is 3.10. The SMILES string of the molecule is CCOC(=O)COc1ccc(Br)cc1/C=C1/SC(=O)N(CCCc2ccccc2)C1=O. The highest BCUT2D eigenvalue weighted by molar-refractivity contribution is 9.10. The summed E-state index contributed by atoms with van der Waals surface area (Å²) in [5.74, 6) is -0.374. The molecule has 0 spiro atoms. The van der Waals surface area contributed by atoms with Crippen molar-refractivity contribution in [3.63, 3.8) is 0 Å². The zero-order valence-corrected chi connectivity index (χ0v) is 19.4. The Morgan fingerprint density at radius 2 is 1.94 bits per heavy atom. The van der Waals surface area contributed by atoms with Crippen molar-refractivity contribution in [1.82, 2.24) is 4.90 Å². The van der Waals surface area contributed by atoms with Crippen LogP contribution < -0.4 is 4.74 Å². The number of hydrogen-bond acceptors (Lipinski definition) is 6. The number of hydrogen-bond donors (Lipinski definition) is 0. The second-order valence-electron chi connectivity index (χ2n) is 6.70. The molecule has 6 nitrogen and oxygen atoms in total. The molecular formula is C23H22BrNO5S. The van der Waals surface area contributed by atoms with Gasteiger partial charge in [-0.05, 0) is 61.4 Å². The van der Waals surface area contributed by atoms with Gasteiger partial charge in [0.25, 0.3) is 11.1 Å². The van der Waals surface area contributed by atoms with Crippen LogP contribution in [-0.4, -0.2) is 41.8 Å². The van der Waals surface area contributed by atoms with Crippen LogP contribution >= 0.6 is 27.7 Å². The van der Waals surface area contributed by atoms with Crippen LogP contribution in [0.25, 0.3) is 6.08 Å². The van der Waals surface area contributed by atoms with Gasteiger partial charge in [0, 0.05) is 16.6 Å². The van der Waals surface area contributed by atoms with Gasteiger partial charge in [-0.1, -0.05) is 46.3 Å². The molecule has 0 aliphatic carbocycles. The second kappa shape index (κ2) is 11.2. The molecule has 1 saturated heterocycles. The largest absolute Gasteiger partial charge is 0.481 e. The van der Waals surface area contributed by atoms with Crippen molar-refractivity contribution in [2.75, 3.05) is 19.8 Å². The average molecular weight is 504 g/mol. The number of thioether (sulfide) groups is 1. The molecule has 0 aromatic heterocycles. The molecule has 1 fully saturated rings. The first-order valence-corrected chi connectivity index (χ1v) is 11.5. The van der Waals surface area contributed by atoms with Gasteiger partial charge >= 0.3 is 5.97 Å². The van der Waals surface area contributed by atoms with E-state index in [1.165, 1.54) is 10.5 Å². The van der Waals surface area contributed by atoms with E-state index in [4.69, 9.17) is 9.47 Å². The molecule has 2 aromatic carbocycles. The van der Waals surface area contributed by atoms with Gasteiger partial charge in [0.2, 0.25) is 0 Å². The number of aryl methyl sites for hydroxylation is 1. The highest BCUT2D eigenvalue weighted by atomic mass is 79.9. The predicted octanol–water partition coefficient (Wildman–Crippen LogP) is 5.06. The average Bonchev–Trinajstić information content (AvgIpc) is 3.01. The van der Waals surface area contributed by atoms with Gasteiger partial charge in [-0.25, -0.2) is 4.79 Å².